The average Bonchev–Trinajstić information content (AvgIpc) is 3.80. The Morgan fingerprint density at radius 2 is 1.51 bits per heavy atom. The van der Waals surface area contributed by atoms with E-state index in [9.17, 15) is 23.1 Å². The lowest BCUT2D eigenvalue weighted by Gasteiger charge is -2.39. The predicted molar refractivity (Wildman–Crippen MR) is 134 cm³/mol. The summed E-state index contributed by atoms with van der Waals surface area (Å²) in [5, 5.41) is 10.1. The third-order valence-corrected chi connectivity index (χ3v) is 11.2. The molecule has 198 valence electrons. The van der Waals surface area contributed by atoms with Crippen LogP contribution < -0.4 is 4.72 Å². The topological polar surface area (TPSA) is 104 Å². The number of hydrogen-bond donors (Lipinski definition) is 2. The lowest BCUT2D eigenvalue weighted by Crippen LogP contribution is -2.46. The van der Waals surface area contributed by atoms with Crippen molar-refractivity contribution in [2.24, 2.45) is 29.6 Å². The molecule has 7 nitrogen and oxygen atoms in total. The highest BCUT2D eigenvalue weighted by Crippen LogP contribution is 2.42. The van der Waals surface area contributed by atoms with Crippen LogP contribution >= 0.6 is 0 Å². The number of Topliss-reactive ketones (excluding diaryl/α,β-unsaturated/α-hetero) is 1. The first kappa shape index (κ1) is 25.7. The van der Waals surface area contributed by atoms with Gasteiger partial charge in [0, 0.05) is 31.0 Å². The minimum Gasteiger partial charge on any atom is -0.380 e. The zero-order valence-corrected chi connectivity index (χ0v) is 21.9. The van der Waals surface area contributed by atoms with Crippen molar-refractivity contribution < 1.29 is 23.1 Å². The molecule has 2 atom stereocenters. The van der Waals surface area contributed by atoms with Crippen LogP contribution in [0.3, 0.4) is 0 Å². The summed E-state index contributed by atoms with van der Waals surface area (Å²) in [5.41, 5.74) is -1.11. The van der Waals surface area contributed by atoms with Crippen LogP contribution in [0.2, 0.25) is 0 Å². The number of ketones is 1. The van der Waals surface area contributed by atoms with Crippen LogP contribution in [0, 0.1) is 29.6 Å². The number of hydrogen-bond acceptors (Lipinski definition) is 5. The largest absolute Gasteiger partial charge is 0.380 e. The van der Waals surface area contributed by atoms with Crippen molar-refractivity contribution in [3.05, 3.63) is 0 Å². The Labute approximate surface area is 210 Å². The molecule has 2 unspecified atom stereocenters. The van der Waals surface area contributed by atoms with Gasteiger partial charge in [0.15, 0.2) is 0 Å². The Morgan fingerprint density at radius 3 is 2.14 bits per heavy atom. The molecular formula is C27H44N2O5S. The van der Waals surface area contributed by atoms with Crippen LogP contribution in [0.4, 0.5) is 0 Å². The summed E-state index contributed by atoms with van der Waals surface area (Å²) in [5.74, 6) is 2.54. The van der Waals surface area contributed by atoms with Crippen molar-refractivity contribution in [2.45, 2.75) is 108 Å². The Bertz CT molecular complexity index is 881. The van der Waals surface area contributed by atoms with Crippen molar-refractivity contribution in [1.82, 2.24) is 9.62 Å². The van der Waals surface area contributed by atoms with Crippen LogP contribution in [0.5, 0.6) is 0 Å². The summed E-state index contributed by atoms with van der Waals surface area (Å²) in [4.78, 5) is 27.3. The number of sulfonamides is 1. The summed E-state index contributed by atoms with van der Waals surface area (Å²) in [7, 11) is -3.17. The van der Waals surface area contributed by atoms with Gasteiger partial charge in [-0.25, -0.2) is 13.1 Å². The van der Waals surface area contributed by atoms with Gasteiger partial charge in [-0.05, 0) is 88.4 Å². The van der Waals surface area contributed by atoms with Crippen LogP contribution in [0.25, 0.3) is 0 Å². The first-order valence-corrected chi connectivity index (χ1v) is 15.9. The van der Waals surface area contributed by atoms with E-state index in [1.54, 1.807) is 4.90 Å². The third kappa shape index (κ3) is 6.48. The minimum absolute atomic E-state index is 0.0542. The lowest BCUT2D eigenvalue weighted by molar-refractivity contribution is -0.145. The molecule has 0 radical (unpaired) electrons. The highest BCUT2D eigenvalue weighted by molar-refractivity contribution is 7.89. The second kappa shape index (κ2) is 10.4. The van der Waals surface area contributed by atoms with Gasteiger partial charge in [0.05, 0.1) is 5.75 Å². The highest BCUT2D eigenvalue weighted by atomic mass is 32.2. The molecule has 0 spiro atoms. The van der Waals surface area contributed by atoms with Crippen LogP contribution in [0.15, 0.2) is 0 Å². The highest BCUT2D eigenvalue weighted by Gasteiger charge is 2.50. The van der Waals surface area contributed by atoms with Crippen molar-refractivity contribution in [3.8, 4) is 0 Å². The third-order valence-electron chi connectivity index (χ3n) is 9.70. The molecule has 4 aliphatic carbocycles. The van der Waals surface area contributed by atoms with E-state index in [4.69, 9.17) is 0 Å². The Hall–Kier alpha value is -0.990. The van der Waals surface area contributed by atoms with Crippen molar-refractivity contribution in [2.75, 3.05) is 18.8 Å². The molecule has 0 aromatic rings. The molecule has 5 rings (SSSR count). The number of aliphatic hydroxyl groups is 1. The molecular weight excluding hydrogens is 464 g/mol. The Morgan fingerprint density at radius 1 is 0.857 bits per heavy atom. The molecule has 0 bridgehead atoms. The van der Waals surface area contributed by atoms with E-state index in [2.05, 4.69) is 4.72 Å². The molecule has 5 fully saturated rings. The van der Waals surface area contributed by atoms with Gasteiger partial charge in [-0.3, -0.25) is 9.59 Å². The lowest BCUT2D eigenvalue weighted by atomic mass is 9.68. The molecule has 35 heavy (non-hydrogen) atoms. The molecule has 1 amide bonds. The summed E-state index contributed by atoms with van der Waals surface area (Å²) in [6.07, 6.45) is 14.0. The molecule has 5 aliphatic rings. The molecule has 4 saturated carbocycles. The van der Waals surface area contributed by atoms with Crippen molar-refractivity contribution in [3.63, 3.8) is 0 Å². The quantitative estimate of drug-likeness (QED) is 0.497. The standard InChI is InChI=1S/C27H44N2O5S/c30-25(22-10-15-29(16-11-22)26(31)27(32)13-14-27)21-8-6-20(7-9-21)23-2-1-3-24(18-23)28-35(33,34)17-12-19-4-5-19/h19-24,28,32H,1-18H2. The second-order valence-corrected chi connectivity index (χ2v) is 14.3. The van der Waals surface area contributed by atoms with Gasteiger partial charge < -0.3 is 10.0 Å². The summed E-state index contributed by atoms with van der Waals surface area (Å²) in [6.45, 7) is 1.18. The SMILES string of the molecule is O=C(C1CCC(C2CCCC(NS(=O)(=O)CCC3CC3)C2)CC1)C1CCN(C(=O)C2(O)CC2)CC1. The predicted octanol–water partition coefficient (Wildman–Crippen LogP) is 3.40. The maximum absolute atomic E-state index is 13.2. The molecule has 1 heterocycles. The number of carbonyl (C=O) groups is 2. The Balaban J connectivity index is 1.04. The zero-order valence-electron chi connectivity index (χ0n) is 21.1. The number of piperidine rings is 1. The van der Waals surface area contributed by atoms with E-state index in [0.29, 0.717) is 49.5 Å². The maximum Gasteiger partial charge on any atom is 0.254 e. The van der Waals surface area contributed by atoms with Gasteiger partial charge in [0.25, 0.3) is 5.91 Å². The van der Waals surface area contributed by atoms with Crippen LogP contribution in [-0.4, -0.2) is 60.6 Å². The monoisotopic (exact) mass is 508 g/mol. The second-order valence-electron chi connectivity index (χ2n) is 12.4. The fourth-order valence-electron chi connectivity index (χ4n) is 7.01. The van der Waals surface area contributed by atoms with Gasteiger partial charge in [0.1, 0.15) is 11.4 Å². The molecule has 1 aliphatic heterocycles. The number of rotatable bonds is 9. The van der Waals surface area contributed by atoms with Crippen LogP contribution in [-0.2, 0) is 19.6 Å². The number of amides is 1. The first-order valence-electron chi connectivity index (χ1n) is 14.3. The summed E-state index contributed by atoms with van der Waals surface area (Å²) >= 11 is 0. The van der Waals surface area contributed by atoms with E-state index in [1.165, 1.54) is 19.3 Å². The summed E-state index contributed by atoms with van der Waals surface area (Å²) in [6, 6.07) is 0.0823. The van der Waals surface area contributed by atoms with E-state index in [-0.39, 0.29) is 29.5 Å². The molecule has 1 saturated heterocycles. The Kier molecular flexibility index (Phi) is 7.63. The number of likely N-dealkylation sites (tertiary alicyclic amines) is 1. The summed E-state index contributed by atoms with van der Waals surface area (Å²) < 4.78 is 28.0. The molecule has 0 aromatic carbocycles. The van der Waals surface area contributed by atoms with E-state index in [0.717, 1.165) is 64.2 Å². The van der Waals surface area contributed by atoms with Crippen molar-refractivity contribution >= 4 is 21.7 Å². The molecule has 0 aromatic heterocycles. The fourth-order valence-corrected chi connectivity index (χ4v) is 8.49. The van der Waals surface area contributed by atoms with Crippen molar-refractivity contribution in [1.29, 1.82) is 0 Å². The van der Waals surface area contributed by atoms with E-state index in [1.807, 2.05) is 0 Å². The van der Waals surface area contributed by atoms with Gasteiger partial charge in [-0.2, -0.15) is 0 Å². The number of nitrogens with zero attached hydrogens (tertiary/aromatic N) is 1. The van der Waals surface area contributed by atoms with Gasteiger partial charge in [0.2, 0.25) is 10.0 Å². The number of carbonyl (C=O) groups excluding carboxylic acids is 2. The zero-order chi connectivity index (χ0) is 24.6. The first-order chi connectivity index (χ1) is 16.7. The fraction of sp³-hybridized carbons (Fsp3) is 0.926. The van der Waals surface area contributed by atoms with Gasteiger partial charge in [-0.1, -0.05) is 25.7 Å². The van der Waals surface area contributed by atoms with Crippen LogP contribution in [0.1, 0.15) is 96.3 Å². The molecule has 2 N–H and O–H groups in total. The van der Waals surface area contributed by atoms with Gasteiger partial charge in [-0.15, -0.1) is 0 Å². The normalized spacial score (nSPS) is 33.9. The van der Waals surface area contributed by atoms with E-state index < -0.39 is 15.6 Å². The number of nitrogens with one attached hydrogen (secondary N) is 1. The van der Waals surface area contributed by atoms with E-state index >= 15 is 0 Å². The minimum atomic E-state index is -3.17. The molecule has 8 heteroatoms. The smallest absolute Gasteiger partial charge is 0.254 e. The average molecular weight is 509 g/mol. The van der Waals surface area contributed by atoms with Gasteiger partial charge >= 0.3 is 0 Å². The maximum atomic E-state index is 13.2.